The molecule has 0 heterocycles. The number of rotatable bonds is 10. The highest BCUT2D eigenvalue weighted by molar-refractivity contribution is 5.67. The molecular formula is C16H36N2O4. The van der Waals surface area contributed by atoms with Crippen LogP contribution in [0.2, 0.25) is 0 Å². The first-order chi connectivity index (χ1) is 10.3. The van der Waals surface area contributed by atoms with Crippen LogP contribution < -0.4 is 11.5 Å². The Hall–Kier alpha value is -1.14. The van der Waals surface area contributed by atoms with Gasteiger partial charge < -0.3 is 21.7 Å². The van der Waals surface area contributed by atoms with Gasteiger partial charge in [0.25, 0.3) is 0 Å². The molecule has 0 aromatic carbocycles. The van der Waals surface area contributed by atoms with Crippen LogP contribution in [0, 0.1) is 5.92 Å². The van der Waals surface area contributed by atoms with Crippen LogP contribution in [0.15, 0.2) is 0 Å². The number of carbonyl (C=O) groups is 2. The number of hydrogen-bond acceptors (Lipinski definition) is 4. The zero-order chi connectivity index (χ0) is 18.0. The lowest BCUT2D eigenvalue weighted by Crippen LogP contribution is -2.25. The average molecular weight is 320 g/mol. The third-order valence-corrected chi connectivity index (χ3v) is 2.56. The van der Waals surface area contributed by atoms with E-state index in [4.69, 9.17) is 21.7 Å². The predicted molar refractivity (Wildman–Crippen MR) is 90.8 cm³/mol. The quantitative estimate of drug-likeness (QED) is 0.458. The normalized spacial score (nSPS) is 10.9. The van der Waals surface area contributed by atoms with E-state index in [0.29, 0.717) is 18.9 Å². The summed E-state index contributed by atoms with van der Waals surface area (Å²) in [5.74, 6) is -1.03. The number of unbranched alkanes of at least 4 members (excludes halogenated alkanes) is 3. The highest BCUT2D eigenvalue weighted by atomic mass is 16.4. The number of nitrogens with two attached hydrogens (primary N) is 2. The van der Waals surface area contributed by atoms with Crippen molar-refractivity contribution in [3.05, 3.63) is 0 Å². The highest BCUT2D eigenvalue weighted by Gasteiger charge is 2.08. The van der Waals surface area contributed by atoms with Crippen LogP contribution in [0.1, 0.15) is 72.6 Å². The van der Waals surface area contributed by atoms with Gasteiger partial charge in [0.15, 0.2) is 0 Å². The predicted octanol–water partition coefficient (Wildman–Crippen LogP) is 2.84. The third-order valence-electron chi connectivity index (χ3n) is 2.56. The van der Waals surface area contributed by atoms with E-state index < -0.39 is 11.9 Å². The summed E-state index contributed by atoms with van der Waals surface area (Å²) in [6.07, 6.45) is 5.01. The van der Waals surface area contributed by atoms with Crippen molar-refractivity contribution in [2.24, 2.45) is 17.4 Å². The molecule has 0 fully saturated rings. The third kappa shape index (κ3) is 31.3. The van der Waals surface area contributed by atoms with Crippen molar-refractivity contribution < 1.29 is 19.8 Å². The smallest absolute Gasteiger partial charge is 0.304 e. The molecule has 6 N–H and O–H groups in total. The fourth-order valence-corrected chi connectivity index (χ4v) is 1.69. The first-order valence-electron chi connectivity index (χ1n) is 8.18. The Kier molecular flexibility index (Phi) is 23.3. The van der Waals surface area contributed by atoms with E-state index in [1.54, 1.807) is 0 Å². The van der Waals surface area contributed by atoms with Gasteiger partial charge in [0.2, 0.25) is 0 Å². The molecule has 0 saturated carbocycles. The summed E-state index contributed by atoms with van der Waals surface area (Å²) in [6, 6.07) is -0.183. The summed E-state index contributed by atoms with van der Waals surface area (Å²) in [5.41, 5.74) is 10.7. The van der Waals surface area contributed by atoms with Crippen molar-refractivity contribution >= 4 is 11.9 Å². The van der Waals surface area contributed by atoms with Crippen LogP contribution in [0.5, 0.6) is 0 Å². The average Bonchev–Trinajstić information content (AvgIpc) is 2.39. The molecule has 0 spiro atoms. The van der Waals surface area contributed by atoms with E-state index in [1.807, 2.05) is 27.7 Å². The van der Waals surface area contributed by atoms with Gasteiger partial charge in [-0.05, 0) is 31.7 Å². The molecule has 0 amide bonds. The van der Waals surface area contributed by atoms with E-state index in [-0.39, 0.29) is 12.5 Å². The second-order valence-corrected chi connectivity index (χ2v) is 5.33. The van der Waals surface area contributed by atoms with Crippen molar-refractivity contribution in [1.29, 1.82) is 0 Å². The van der Waals surface area contributed by atoms with Gasteiger partial charge in [0.1, 0.15) is 0 Å². The minimum atomic E-state index is -0.812. The van der Waals surface area contributed by atoms with Crippen molar-refractivity contribution in [2.45, 2.75) is 78.7 Å². The molecule has 0 aromatic rings. The molecule has 0 radical (unpaired) electrons. The van der Waals surface area contributed by atoms with E-state index >= 15 is 0 Å². The van der Waals surface area contributed by atoms with Crippen LogP contribution in [0.3, 0.4) is 0 Å². The largest absolute Gasteiger partial charge is 0.481 e. The summed E-state index contributed by atoms with van der Waals surface area (Å²) < 4.78 is 0. The van der Waals surface area contributed by atoms with Crippen molar-refractivity contribution in [2.75, 3.05) is 6.54 Å². The van der Waals surface area contributed by atoms with Gasteiger partial charge in [-0.15, -0.1) is 0 Å². The Labute approximate surface area is 135 Å². The van der Waals surface area contributed by atoms with E-state index in [1.165, 1.54) is 0 Å². The fourth-order valence-electron chi connectivity index (χ4n) is 1.69. The summed E-state index contributed by atoms with van der Waals surface area (Å²) in [7, 11) is 0. The molecule has 0 saturated heterocycles. The van der Waals surface area contributed by atoms with E-state index in [0.717, 1.165) is 32.1 Å². The van der Waals surface area contributed by atoms with Gasteiger partial charge in [0.05, 0.1) is 6.42 Å². The Balaban J connectivity index is -0.000000294. The lowest BCUT2D eigenvalue weighted by atomic mass is 10.0. The SMILES string of the molecule is CC.CC(C)CC(N)CC(=O)O.NCCCCCCC(=O)O. The van der Waals surface area contributed by atoms with Gasteiger partial charge in [-0.1, -0.05) is 40.5 Å². The van der Waals surface area contributed by atoms with Crippen LogP contribution >= 0.6 is 0 Å². The second kappa shape index (κ2) is 19.9. The maximum atomic E-state index is 10.1. The van der Waals surface area contributed by atoms with Crippen molar-refractivity contribution in [1.82, 2.24) is 0 Å². The monoisotopic (exact) mass is 320 g/mol. The molecule has 6 heteroatoms. The van der Waals surface area contributed by atoms with Crippen LogP contribution in [-0.2, 0) is 9.59 Å². The molecule has 134 valence electrons. The Morgan fingerprint density at radius 3 is 1.82 bits per heavy atom. The molecule has 22 heavy (non-hydrogen) atoms. The highest BCUT2D eigenvalue weighted by Crippen LogP contribution is 2.04. The van der Waals surface area contributed by atoms with Crippen LogP contribution in [0.4, 0.5) is 0 Å². The summed E-state index contributed by atoms with van der Waals surface area (Å²) >= 11 is 0. The van der Waals surface area contributed by atoms with Gasteiger partial charge in [-0.25, -0.2) is 0 Å². The van der Waals surface area contributed by atoms with E-state index in [2.05, 4.69) is 0 Å². The molecule has 0 rings (SSSR count). The molecule has 0 bridgehead atoms. The Morgan fingerprint density at radius 1 is 0.955 bits per heavy atom. The maximum absolute atomic E-state index is 10.1. The van der Waals surface area contributed by atoms with Crippen LogP contribution in [-0.4, -0.2) is 34.7 Å². The van der Waals surface area contributed by atoms with Gasteiger partial charge in [-0.2, -0.15) is 0 Å². The van der Waals surface area contributed by atoms with E-state index in [9.17, 15) is 9.59 Å². The second-order valence-electron chi connectivity index (χ2n) is 5.33. The zero-order valence-electron chi connectivity index (χ0n) is 14.7. The summed E-state index contributed by atoms with van der Waals surface area (Å²) in [6.45, 7) is 8.77. The minimum absolute atomic E-state index is 0.0815. The number of carboxylic acids is 2. The van der Waals surface area contributed by atoms with Crippen LogP contribution in [0.25, 0.3) is 0 Å². The lowest BCUT2D eigenvalue weighted by Gasteiger charge is -2.10. The molecular weight excluding hydrogens is 284 g/mol. The fraction of sp³-hybridized carbons (Fsp3) is 0.875. The topological polar surface area (TPSA) is 127 Å². The first-order valence-corrected chi connectivity index (χ1v) is 8.18. The lowest BCUT2D eigenvalue weighted by molar-refractivity contribution is -0.138. The summed E-state index contributed by atoms with van der Waals surface area (Å²) in [4.78, 5) is 20.1. The standard InChI is InChI=1S/2C7H15NO2.C2H6/c1-5(2)3-6(8)4-7(9)10;8-6-4-2-1-3-5-7(9)10;1-2/h5-6H,3-4,8H2,1-2H3,(H,9,10);1-6,8H2,(H,9,10);1-2H3. The van der Waals surface area contributed by atoms with Gasteiger partial charge in [0, 0.05) is 12.5 Å². The number of carboxylic acid groups (broad SMARTS) is 2. The Morgan fingerprint density at radius 2 is 1.45 bits per heavy atom. The van der Waals surface area contributed by atoms with Crippen molar-refractivity contribution in [3.8, 4) is 0 Å². The molecule has 0 aliphatic rings. The molecule has 1 atom stereocenters. The van der Waals surface area contributed by atoms with Gasteiger partial charge in [-0.3, -0.25) is 9.59 Å². The molecule has 6 nitrogen and oxygen atoms in total. The molecule has 0 aliphatic heterocycles. The Bertz CT molecular complexity index is 259. The number of hydrogen-bond donors (Lipinski definition) is 4. The summed E-state index contributed by atoms with van der Waals surface area (Å²) in [5, 5.41) is 16.6. The van der Waals surface area contributed by atoms with Crippen molar-refractivity contribution in [3.63, 3.8) is 0 Å². The molecule has 0 aromatic heterocycles. The van der Waals surface area contributed by atoms with Gasteiger partial charge >= 0.3 is 11.9 Å². The first kappa shape index (κ1) is 25.8. The molecule has 1 unspecified atom stereocenters. The minimum Gasteiger partial charge on any atom is -0.481 e. The zero-order valence-corrected chi connectivity index (χ0v) is 14.7. The molecule has 0 aliphatic carbocycles. The maximum Gasteiger partial charge on any atom is 0.304 e. The number of aliphatic carboxylic acids is 2.